The Labute approximate surface area is 136 Å². The highest BCUT2D eigenvalue weighted by atomic mass is 16.5. The van der Waals surface area contributed by atoms with Crippen LogP contribution in [0.25, 0.3) is 0 Å². The second-order valence-corrected chi connectivity index (χ2v) is 6.88. The van der Waals surface area contributed by atoms with Crippen LogP contribution in [0.4, 0.5) is 0 Å². The standard InChI is InChI=1S/C18H36O4/c1-4-18(13-19,14-20)15-22-17(21)12-10-8-6-5-7-9-11-16(2)3/h16,19-20H,4-15H2,1-3H3. The summed E-state index contributed by atoms with van der Waals surface area (Å²) in [5.41, 5.74) is -0.688. The van der Waals surface area contributed by atoms with Gasteiger partial charge in [0.1, 0.15) is 6.61 Å². The Morgan fingerprint density at radius 2 is 1.55 bits per heavy atom. The van der Waals surface area contributed by atoms with Crippen molar-refractivity contribution in [2.24, 2.45) is 11.3 Å². The van der Waals surface area contributed by atoms with Crippen molar-refractivity contribution < 1.29 is 19.7 Å². The van der Waals surface area contributed by atoms with Crippen LogP contribution < -0.4 is 0 Å². The lowest BCUT2D eigenvalue weighted by Crippen LogP contribution is -2.35. The molecule has 0 unspecified atom stereocenters. The normalized spacial score (nSPS) is 11.9. The highest BCUT2D eigenvalue weighted by Crippen LogP contribution is 2.21. The zero-order valence-corrected chi connectivity index (χ0v) is 14.8. The SMILES string of the molecule is CCC(CO)(CO)COC(=O)CCCCCCCCC(C)C. The Morgan fingerprint density at radius 1 is 1.00 bits per heavy atom. The van der Waals surface area contributed by atoms with Crippen LogP contribution in [0, 0.1) is 11.3 Å². The first-order valence-electron chi connectivity index (χ1n) is 8.87. The predicted molar refractivity (Wildman–Crippen MR) is 89.6 cm³/mol. The molecule has 0 spiro atoms. The molecule has 0 aromatic heterocycles. The number of esters is 1. The lowest BCUT2D eigenvalue weighted by Gasteiger charge is -2.27. The van der Waals surface area contributed by atoms with Gasteiger partial charge >= 0.3 is 5.97 Å². The summed E-state index contributed by atoms with van der Waals surface area (Å²) in [5.74, 6) is 0.572. The third-order valence-corrected chi connectivity index (χ3v) is 4.37. The Hall–Kier alpha value is -0.610. The van der Waals surface area contributed by atoms with Gasteiger partial charge in [-0.05, 0) is 18.8 Å². The fourth-order valence-corrected chi connectivity index (χ4v) is 2.30. The van der Waals surface area contributed by atoms with Gasteiger partial charge in [-0.1, -0.05) is 59.3 Å². The summed E-state index contributed by atoms with van der Waals surface area (Å²) in [7, 11) is 0. The van der Waals surface area contributed by atoms with Crippen molar-refractivity contribution >= 4 is 5.97 Å². The highest BCUT2D eigenvalue weighted by Gasteiger charge is 2.28. The maximum atomic E-state index is 11.7. The summed E-state index contributed by atoms with van der Waals surface area (Å²) in [5, 5.41) is 18.6. The highest BCUT2D eigenvalue weighted by molar-refractivity contribution is 5.69. The Morgan fingerprint density at radius 3 is 2.05 bits per heavy atom. The van der Waals surface area contributed by atoms with E-state index in [0.29, 0.717) is 12.8 Å². The van der Waals surface area contributed by atoms with Gasteiger partial charge in [0.2, 0.25) is 0 Å². The molecule has 2 N–H and O–H groups in total. The molecule has 0 atom stereocenters. The van der Waals surface area contributed by atoms with E-state index in [1.54, 1.807) is 0 Å². The van der Waals surface area contributed by atoms with Crippen molar-refractivity contribution in [2.45, 2.75) is 78.6 Å². The first-order valence-corrected chi connectivity index (χ1v) is 8.87. The van der Waals surface area contributed by atoms with Crippen molar-refractivity contribution in [1.29, 1.82) is 0 Å². The Balaban J connectivity index is 3.58. The van der Waals surface area contributed by atoms with E-state index >= 15 is 0 Å². The summed E-state index contributed by atoms with van der Waals surface area (Å²) in [6, 6.07) is 0. The summed E-state index contributed by atoms with van der Waals surface area (Å²) in [6.45, 7) is 6.16. The zero-order valence-electron chi connectivity index (χ0n) is 14.8. The minimum absolute atomic E-state index is 0.102. The second-order valence-electron chi connectivity index (χ2n) is 6.88. The summed E-state index contributed by atoms with van der Waals surface area (Å²) < 4.78 is 5.19. The maximum absolute atomic E-state index is 11.7. The molecular weight excluding hydrogens is 280 g/mol. The van der Waals surface area contributed by atoms with Crippen molar-refractivity contribution in [3.05, 3.63) is 0 Å². The Bertz CT molecular complexity index is 264. The van der Waals surface area contributed by atoms with Crippen LogP contribution >= 0.6 is 0 Å². The molecule has 0 amide bonds. The van der Waals surface area contributed by atoms with Crippen molar-refractivity contribution in [2.75, 3.05) is 19.8 Å². The lowest BCUT2D eigenvalue weighted by molar-refractivity contribution is -0.149. The van der Waals surface area contributed by atoms with Gasteiger partial charge in [0.15, 0.2) is 0 Å². The van der Waals surface area contributed by atoms with E-state index in [0.717, 1.165) is 18.8 Å². The number of hydrogen-bond acceptors (Lipinski definition) is 4. The number of rotatable bonds is 14. The minimum Gasteiger partial charge on any atom is -0.465 e. The molecular formula is C18H36O4. The second kappa shape index (κ2) is 12.9. The third kappa shape index (κ3) is 10.2. The van der Waals surface area contributed by atoms with E-state index in [-0.39, 0.29) is 25.8 Å². The largest absolute Gasteiger partial charge is 0.465 e. The van der Waals surface area contributed by atoms with Gasteiger partial charge in [0.25, 0.3) is 0 Å². The molecule has 0 aromatic carbocycles. The fourth-order valence-electron chi connectivity index (χ4n) is 2.30. The van der Waals surface area contributed by atoms with E-state index < -0.39 is 5.41 Å². The van der Waals surface area contributed by atoms with Crippen molar-refractivity contribution in [1.82, 2.24) is 0 Å². The van der Waals surface area contributed by atoms with Gasteiger partial charge in [0, 0.05) is 6.42 Å². The molecule has 0 rings (SSSR count). The minimum atomic E-state index is -0.688. The topological polar surface area (TPSA) is 66.8 Å². The molecule has 132 valence electrons. The smallest absolute Gasteiger partial charge is 0.305 e. The van der Waals surface area contributed by atoms with Gasteiger partial charge in [-0.2, -0.15) is 0 Å². The van der Waals surface area contributed by atoms with E-state index in [1.165, 1.54) is 32.1 Å². The van der Waals surface area contributed by atoms with Crippen LogP contribution in [0.3, 0.4) is 0 Å². The number of aliphatic hydroxyl groups excluding tert-OH is 2. The van der Waals surface area contributed by atoms with Crippen LogP contribution in [-0.4, -0.2) is 36.0 Å². The van der Waals surface area contributed by atoms with E-state index in [9.17, 15) is 15.0 Å². The quantitative estimate of drug-likeness (QED) is 0.379. The molecule has 0 aliphatic carbocycles. The molecule has 0 fully saturated rings. The monoisotopic (exact) mass is 316 g/mol. The predicted octanol–water partition coefficient (Wildman–Crippen LogP) is 3.69. The van der Waals surface area contributed by atoms with Crippen molar-refractivity contribution in [3.63, 3.8) is 0 Å². The van der Waals surface area contributed by atoms with Gasteiger partial charge in [-0.3, -0.25) is 4.79 Å². The van der Waals surface area contributed by atoms with Crippen LogP contribution in [-0.2, 0) is 9.53 Å². The molecule has 22 heavy (non-hydrogen) atoms. The average Bonchev–Trinajstić information content (AvgIpc) is 2.51. The average molecular weight is 316 g/mol. The first kappa shape index (κ1) is 21.4. The fraction of sp³-hybridized carbons (Fsp3) is 0.944. The van der Waals surface area contributed by atoms with Crippen molar-refractivity contribution in [3.8, 4) is 0 Å². The first-order chi connectivity index (χ1) is 10.5. The van der Waals surface area contributed by atoms with Gasteiger partial charge in [0.05, 0.1) is 18.6 Å². The molecule has 0 aliphatic heterocycles. The number of ether oxygens (including phenoxy) is 1. The van der Waals surface area contributed by atoms with Crippen LogP contribution in [0.15, 0.2) is 0 Å². The molecule has 0 radical (unpaired) electrons. The van der Waals surface area contributed by atoms with Gasteiger partial charge < -0.3 is 14.9 Å². The molecule has 0 bridgehead atoms. The third-order valence-electron chi connectivity index (χ3n) is 4.37. The molecule has 0 aliphatic rings. The zero-order chi connectivity index (χ0) is 16.8. The molecule has 4 heteroatoms. The van der Waals surface area contributed by atoms with E-state index in [1.807, 2.05) is 6.92 Å². The number of unbranched alkanes of at least 4 members (excludes halogenated alkanes) is 5. The molecule has 0 aromatic rings. The summed E-state index contributed by atoms with van der Waals surface area (Å²) in [6.07, 6.45) is 9.27. The summed E-state index contributed by atoms with van der Waals surface area (Å²) >= 11 is 0. The van der Waals surface area contributed by atoms with Crippen LogP contribution in [0.1, 0.15) is 78.6 Å². The molecule has 0 saturated heterocycles. The van der Waals surface area contributed by atoms with E-state index in [2.05, 4.69) is 13.8 Å². The number of carbonyl (C=O) groups excluding carboxylic acids is 1. The molecule has 4 nitrogen and oxygen atoms in total. The van der Waals surface area contributed by atoms with E-state index in [4.69, 9.17) is 4.74 Å². The van der Waals surface area contributed by atoms with Crippen LogP contribution in [0.5, 0.6) is 0 Å². The lowest BCUT2D eigenvalue weighted by atomic mass is 9.88. The number of carbonyl (C=O) groups is 1. The molecule has 0 saturated carbocycles. The molecule has 0 heterocycles. The van der Waals surface area contributed by atoms with Gasteiger partial charge in [-0.25, -0.2) is 0 Å². The Kier molecular flexibility index (Phi) is 12.5. The number of hydrogen-bond donors (Lipinski definition) is 2. The van der Waals surface area contributed by atoms with Gasteiger partial charge in [-0.15, -0.1) is 0 Å². The maximum Gasteiger partial charge on any atom is 0.305 e. The van der Waals surface area contributed by atoms with Crippen LogP contribution in [0.2, 0.25) is 0 Å². The number of aliphatic hydroxyl groups is 2. The summed E-state index contributed by atoms with van der Waals surface area (Å²) in [4.78, 5) is 11.7.